The number of hydrogen-bond acceptors (Lipinski definition) is 4. The van der Waals surface area contributed by atoms with Crippen LogP contribution in [0, 0.1) is 21.4 Å². The maximum atomic E-state index is 10.8. The Kier molecular flexibility index (Phi) is 2.33. The molecule has 0 saturated heterocycles. The summed E-state index contributed by atoms with van der Waals surface area (Å²) in [4.78, 5) is 10.3. The number of allylic oxidation sites excluding steroid dienone is 2. The van der Waals surface area contributed by atoms with Crippen LogP contribution in [0.3, 0.4) is 0 Å². The Hall–Kier alpha value is -2.35. The molecule has 1 aliphatic carbocycles. The van der Waals surface area contributed by atoms with Gasteiger partial charge in [0.2, 0.25) is 0 Å². The van der Waals surface area contributed by atoms with Crippen LogP contribution in [0.2, 0.25) is 0 Å². The molecule has 0 fully saturated rings. The molecular formula is C11H8N2O3. The van der Waals surface area contributed by atoms with E-state index in [1.165, 1.54) is 13.2 Å². The lowest BCUT2D eigenvalue weighted by Crippen LogP contribution is -1.96. The van der Waals surface area contributed by atoms with Crippen molar-refractivity contribution in [2.75, 3.05) is 7.11 Å². The molecule has 0 atom stereocenters. The van der Waals surface area contributed by atoms with Gasteiger partial charge in [-0.05, 0) is 23.6 Å². The number of benzene rings is 1. The van der Waals surface area contributed by atoms with Gasteiger partial charge in [-0.15, -0.1) is 0 Å². The third kappa shape index (κ3) is 1.41. The van der Waals surface area contributed by atoms with Gasteiger partial charge in [0.1, 0.15) is 0 Å². The summed E-state index contributed by atoms with van der Waals surface area (Å²) in [6.45, 7) is 0. The van der Waals surface area contributed by atoms with Crippen molar-refractivity contribution >= 4 is 11.3 Å². The third-order valence-electron chi connectivity index (χ3n) is 2.54. The van der Waals surface area contributed by atoms with Crippen LogP contribution in [0.4, 0.5) is 5.69 Å². The van der Waals surface area contributed by atoms with E-state index in [0.717, 1.165) is 11.1 Å². The first-order chi connectivity index (χ1) is 7.67. The minimum atomic E-state index is -0.483. The van der Waals surface area contributed by atoms with Crippen molar-refractivity contribution in [1.29, 1.82) is 5.26 Å². The summed E-state index contributed by atoms with van der Waals surface area (Å²) in [7, 11) is 1.37. The average molecular weight is 216 g/mol. The summed E-state index contributed by atoms with van der Waals surface area (Å²) >= 11 is 0. The molecule has 2 rings (SSSR count). The second-order valence-corrected chi connectivity index (χ2v) is 3.37. The summed E-state index contributed by atoms with van der Waals surface area (Å²) in [5, 5.41) is 19.6. The second-order valence-electron chi connectivity index (χ2n) is 3.37. The number of rotatable bonds is 2. The van der Waals surface area contributed by atoms with Gasteiger partial charge in [0, 0.05) is 6.07 Å². The normalized spacial score (nSPS) is 12.6. The predicted molar refractivity (Wildman–Crippen MR) is 56.9 cm³/mol. The highest BCUT2D eigenvalue weighted by molar-refractivity contribution is 5.84. The van der Waals surface area contributed by atoms with Crippen molar-refractivity contribution in [3.05, 3.63) is 39.4 Å². The van der Waals surface area contributed by atoms with E-state index in [-0.39, 0.29) is 11.4 Å². The highest BCUT2D eigenvalue weighted by Crippen LogP contribution is 2.36. The van der Waals surface area contributed by atoms with Crippen molar-refractivity contribution in [3.8, 4) is 11.8 Å². The number of nitrogens with zero attached hydrogens (tertiary/aromatic N) is 2. The number of methoxy groups -OCH3 is 1. The van der Waals surface area contributed by atoms with Gasteiger partial charge < -0.3 is 4.74 Å². The molecule has 16 heavy (non-hydrogen) atoms. The van der Waals surface area contributed by atoms with Crippen LogP contribution in [0.5, 0.6) is 5.75 Å². The fraction of sp³-hybridized carbons (Fsp3) is 0.182. The number of ether oxygens (including phenoxy) is 1. The Morgan fingerprint density at radius 3 is 2.88 bits per heavy atom. The highest BCUT2D eigenvalue weighted by Gasteiger charge is 2.22. The zero-order chi connectivity index (χ0) is 11.7. The smallest absolute Gasteiger partial charge is 0.311 e. The van der Waals surface area contributed by atoms with Crippen LogP contribution >= 0.6 is 0 Å². The third-order valence-corrected chi connectivity index (χ3v) is 2.54. The molecule has 0 unspecified atom stereocenters. The maximum Gasteiger partial charge on any atom is 0.311 e. The highest BCUT2D eigenvalue weighted by atomic mass is 16.6. The van der Waals surface area contributed by atoms with Gasteiger partial charge in [-0.2, -0.15) is 5.26 Å². The van der Waals surface area contributed by atoms with E-state index < -0.39 is 4.92 Å². The van der Waals surface area contributed by atoms with Crippen molar-refractivity contribution in [1.82, 2.24) is 0 Å². The Labute approximate surface area is 91.7 Å². The van der Waals surface area contributed by atoms with Crippen LogP contribution in [0.25, 0.3) is 5.57 Å². The van der Waals surface area contributed by atoms with Crippen molar-refractivity contribution in [2.24, 2.45) is 0 Å². The molecule has 0 bridgehead atoms. The van der Waals surface area contributed by atoms with Gasteiger partial charge in [0.15, 0.2) is 5.75 Å². The molecule has 1 aromatic rings. The summed E-state index contributed by atoms with van der Waals surface area (Å²) in [5.41, 5.74) is 2.01. The SMILES string of the molecule is COc1cc2c(cc1[N+](=O)[O-])CC=C2C#N. The number of fused-ring (bicyclic) bond motifs is 1. The Balaban J connectivity index is 2.60. The van der Waals surface area contributed by atoms with Crippen molar-refractivity contribution in [2.45, 2.75) is 6.42 Å². The first kappa shape index (κ1) is 10.2. The van der Waals surface area contributed by atoms with Crippen LogP contribution in [0.1, 0.15) is 11.1 Å². The lowest BCUT2D eigenvalue weighted by molar-refractivity contribution is -0.385. The van der Waals surface area contributed by atoms with E-state index in [1.54, 1.807) is 12.1 Å². The van der Waals surface area contributed by atoms with E-state index in [4.69, 9.17) is 10.00 Å². The number of hydrogen-bond donors (Lipinski definition) is 0. The van der Waals surface area contributed by atoms with Gasteiger partial charge in [0.05, 0.1) is 23.7 Å². The molecule has 0 aromatic heterocycles. The lowest BCUT2D eigenvalue weighted by atomic mass is 10.0. The molecule has 0 radical (unpaired) electrons. The largest absolute Gasteiger partial charge is 0.490 e. The van der Waals surface area contributed by atoms with Gasteiger partial charge in [-0.25, -0.2) is 0 Å². The van der Waals surface area contributed by atoms with E-state index in [2.05, 4.69) is 6.07 Å². The first-order valence-corrected chi connectivity index (χ1v) is 4.63. The molecule has 0 heterocycles. The van der Waals surface area contributed by atoms with Gasteiger partial charge in [-0.1, -0.05) is 6.08 Å². The van der Waals surface area contributed by atoms with Gasteiger partial charge in [0.25, 0.3) is 0 Å². The summed E-state index contributed by atoms with van der Waals surface area (Å²) < 4.78 is 4.95. The predicted octanol–water partition coefficient (Wildman–Crippen LogP) is 2.07. The molecule has 0 aliphatic heterocycles. The zero-order valence-electron chi connectivity index (χ0n) is 8.56. The standard InChI is InChI=1S/C11H8N2O3/c1-16-11-5-9-7(2-3-8(9)6-12)4-10(11)13(14)15/h3-5H,2H2,1H3. The van der Waals surface area contributed by atoms with E-state index in [1.807, 2.05) is 0 Å². The van der Waals surface area contributed by atoms with Crippen molar-refractivity contribution in [3.63, 3.8) is 0 Å². The fourth-order valence-corrected chi connectivity index (χ4v) is 1.77. The molecule has 1 aliphatic rings. The Morgan fingerprint density at radius 1 is 1.56 bits per heavy atom. The van der Waals surface area contributed by atoms with Gasteiger partial charge in [-0.3, -0.25) is 10.1 Å². The maximum absolute atomic E-state index is 10.8. The van der Waals surface area contributed by atoms with Gasteiger partial charge >= 0.3 is 5.69 Å². The minimum Gasteiger partial charge on any atom is -0.490 e. The lowest BCUT2D eigenvalue weighted by Gasteiger charge is -2.05. The van der Waals surface area contributed by atoms with E-state index in [9.17, 15) is 10.1 Å². The van der Waals surface area contributed by atoms with E-state index >= 15 is 0 Å². The molecule has 5 nitrogen and oxygen atoms in total. The topological polar surface area (TPSA) is 76.2 Å². The summed E-state index contributed by atoms with van der Waals surface area (Å²) in [5.74, 6) is 0.187. The molecule has 1 aromatic carbocycles. The average Bonchev–Trinajstić information content (AvgIpc) is 2.68. The van der Waals surface area contributed by atoms with Crippen LogP contribution < -0.4 is 4.74 Å². The molecule has 5 heteroatoms. The number of nitro groups is 1. The molecule has 0 amide bonds. The van der Waals surface area contributed by atoms with Crippen LogP contribution in [0.15, 0.2) is 18.2 Å². The molecular weight excluding hydrogens is 208 g/mol. The second kappa shape index (κ2) is 3.66. The summed E-state index contributed by atoms with van der Waals surface area (Å²) in [6, 6.07) is 5.07. The minimum absolute atomic E-state index is 0.0613. The first-order valence-electron chi connectivity index (χ1n) is 4.63. The number of nitro benzene ring substituents is 1. The quantitative estimate of drug-likeness (QED) is 0.560. The zero-order valence-corrected chi connectivity index (χ0v) is 8.56. The monoisotopic (exact) mass is 216 g/mol. The molecule has 80 valence electrons. The molecule has 0 spiro atoms. The number of nitriles is 1. The summed E-state index contributed by atoms with van der Waals surface area (Å²) in [6.07, 6.45) is 2.32. The fourth-order valence-electron chi connectivity index (χ4n) is 1.77. The molecule has 0 saturated carbocycles. The van der Waals surface area contributed by atoms with E-state index in [0.29, 0.717) is 12.0 Å². The van der Waals surface area contributed by atoms with Crippen molar-refractivity contribution < 1.29 is 9.66 Å². The molecule has 0 N–H and O–H groups in total. The Bertz CT molecular complexity index is 541. The Morgan fingerprint density at radius 2 is 2.31 bits per heavy atom. The van der Waals surface area contributed by atoms with Crippen LogP contribution in [-0.4, -0.2) is 12.0 Å². The van der Waals surface area contributed by atoms with Crippen LogP contribution in [-0.2, 0) is 6.42 Å².